The topological polar surface area (TPSA) is 32.3 Å². The molecule has 132 valence electrons. The quantitative estimate of drug-likeness (QED) is 0.870. The van der Waals surface area contributed by atoms with Crippen LogP contribution in [0.25, 0.3) is 0 Å². The van der Waals surface area contributed by atoms with Crippen LogP contribution in [0.15, 0.2) is 48.5 Å². The maximum atomic E-state index is 12.4. The van der Waals surface area contributed by atoms with Crippen LogP contribution in [0.1, 0.15) is 41.1 Å². The lowest BCUT2D eigenvalue weighted by atomic mass is 9.99. The number of benzene rings is 2. The van der Waals surface area contributed by atoms with E-state index in [4.69, 9.17) is 0 Å². The number of carbonyl (C=O) groups is 1. The van der Waals surface area contributed by atoms with E-state index in [9.17, 15) is 4.79 Å². The van der Waals surface area contributed by atoms with Crippen molar-refractivity contribution in [2.45, 2.75) is 39.2 Å². The SMILES string of the molecule is Cc1ccccc1CCNC(=O)CN1CCCC1c1ccccc1C. The van der Waals surface area contributed by atoms with E-state index in [0.29, 0.717) is 19.1 Å². The Balaban J connectivity index is 1.52. The lowest BCUT2D eigenvalue weighted by Crippen LogP contribution is -2.37. The first-order valence-corrected chi connectivity index (χ1v) is 9.26. The Morgan fingerprint density at radius 3 is 2.56 bits per heavy atom. The number of aryl methyl sites for hydroxylation is 2. The second-order valence-electron chi connectivity index (χ2n) is 7.01. The van der Waals surface area contributed by atoms with E-state index in [1.54, 1.807) is 0 Å². The second-order valence-corrected chi connectivity index (χ2v) is 7.01. The van der Waals surface area contributed by atoms with Crippen LogP contribution in [-0.4, -0.2) is 30.4 Å². The summed E-state index contributed by atoms with van der Waals surface area (Å²) in [5.74, 6) is 0.133. The van der Waals surface area contributed by atoms with Crippen LogP contribution < -0.4 is 5.32 Å². The normalized spacial score (nSPS) is 17.6. The van der Waals surface area contributed by atoms with Crippen molar-refractivity contribution < 1.29 is 4.79 Å². The summed E-state index contributed by atoms with van der Waals surface area (Å²) in [5.41, 5.74) is 5.28. The first kappa shape index (κ1) is 17.7. The third-order valence-electron chi connectivity index (χ3n) is 5.24. The Labute approximate surface area is 151 Å². The van der Waals surface area contributed by atoms with Crippen molar-refractivity contribution in [2.75, 3.05) is 19.6 Å². The van der Waals surface area contributed by atoms with Crippen molar-refractivity contribution in [3.8, 4) is 0 Å². The molecule has 2 aromatic carbocycles. The van der Waals surface area contributed by atoms with Crippen molar-refractivity contribution in [2.24, 2.45) is 0 Å². The first-order chi connectivity index (χ1) is 12.1. The van der Waals surface area contributed by atoms with E-state index in [-0.39, 0.29) is 5.91 Å². The van der Waals surface area contributed by atoms with Gasteiger partial charge < -0.3 is 5.32 Å². The molecule has 3 heteroatoms. The van der Waals surface area contributed by atoms with Crippen molar-refractivity contribution in [1.29, 1.82) is 0 Å². The Kier molecular flexibility index (Phi) is 5.87. The molecule has 1 N–H and O–H groups in total. The van der Waals surface area contributed by atoms with Gasteiger partial charge >= 0.3 is 0 Å². The third kappa shape index (κ3) is 4.49. The number of hydrogen-bond acceptors (Lipinski definition) is 2. The fourth-order valence-corrected chi connectivity index (χ4v) is 3.80. The summed E-state index contributed by atoms with van der Waals surface area (Å²) in [7, 11) is 0. The monoisotopic (exact) mass is 336 g/mol. The molecule has 0 spiro atoms. The van der Waals surface area contributed by atoms with E-state index in [2.05, 4.69) is 72.6 Å². The highest BCUT2D eigenvalue weighted by Gasteiger charge is 2.28. The summed E-state index contributed by atoms with van der Waals surface area (Å²) in [6.45, 7) is 6.48. The number of likely N-dealkylation sites (tertiary alicyclic amines) is 1. The molecule has 1 unspecified atom stereocenters. The maximum Gasteiger partial charge on any atom is 0.234 e. The minimum atomic E-state index is 0.133. The first-order valence-electron chi connectivity index (χ1n) is 9.26. The van der Waals surface area contributed by atoms with Gasteiger partial charge in [-0.2, -0.15) is 0 Å². The predicted molar refractivity (Wildman–Crippen MR) is 103 cm³/mol. The van der Waals surface area contributed by atoms with Gasteiger partial charge in [0.2, 0.25) is 5.91 Å². The number of amides is 1. The van der Waals surface area contributed by atoms with Gasteiger partial charge in [-0.25, -0.2) is 0 Å². The molecular formula is C22H28N2O. The van der Waals surface area contributed by atoms with Crippen LogP contribution in [0.3, 0.4) is 0 Å². The Hall–Kier alpha value is -2.13. The third-order valence-corrected chi connectivity index (χ3v) is 5.24. The molecule has 1 aliphatic heterocycles. The lowest BCUT2D eigenvalue weighted by molar-refractivity contribution is -0.122. The molecule has 0 saturated carbocycles. The summed E-state index contributed by atoms with van der Waals surface area (Å²) in [5, 5.41) is 3.09. The van der Waals surface area contributed by atoms with Gasteiger partial charge in [-0.3, -0.25) is 9.69 Å². The summed E-state index contributed by atoms with van der Waals surface area (Å²) in [6.07, 6.45) is 3.19. The summed E-state index contributed by atoms with van der Waals surface area (Å²) >= 11 is 0. The second kappa shape index (κ2) is 8.30. The molecular weight excluding hydrogens is 308 g/mol. The summed E-state index contributed by atoms with van der Waals surface area (Å²) < 4.78 is 0. The lowest BCUT2D eigenvalue weighted by Gasteiger charge is -2.25. The summed E-state index contributed by atoms with van der Waals surface area (Å²) in [6, 6.07) is 17.3. The molecule has 0 radical (unpaired) electrons. The van der Waals surface area contributed by atoms with Gasteiger partial charge in [0.25, 0.3) is 0 Å². The average Bonchev–Trinajstić information content (AvgIpc) is 3.05. The van der Waals surface area contributed by atoms with Gasteiger partial charge in [-0.15, -0.1) is 0 Å². The zero-order chi connectivity index (χ0) is 17.6. The van der Waals surface area contributed by atoms with Gasteiger partial charge in [0.1, 0.15) is 0 Å². The molecule has 0 aliphatic carbocycles. The zero-order valence-electron chi connectivity index (χ0n) is 15.3. The highest BCUT2D eigenvalue weighted by molar-refractivity contribution is 5.78. The largest absolute Gasteiger partial charge is 0.355 e. The molecule has 0 aromatic heterocycles. The zero-order valence-corrected chi connectivity index (χ0v) is 15.3. The molecule has 3 nitrogen and oxygen atoms in total. The van der Waals surface area contributed by atoms with Crippen LogP contribution >= 0.6 is 0 Å². The fraction of sp³-hybridized carbons (Fsp3) is 0.409. The van der Waals surface area contributed by atoms with E-state index in [0.717, 1.165) is 25.8 Å². The molecule has 25 heavy (non-hydrogen) atoms. The Morgan fingerprint density at radius 1 is 1.08 bits per heavy atom. The van der Waals surface area contributed by atoms with Crippen molar-refractivity contribution >= 4 is 5.91 Å². The average molecular weight is 336 g/mol. The van der Waals surface area contributed by atoms with Crippen molar-refractivity contribution in [3.05, 3.63) is 70.8 Å². The fourth-order valence-electron chi connectivity index (χ4n) is 3.80. The van der Waals surface area contributed by atoms with Gasteiger partial charge in [0.15, 0.2) is 0 Å². The molecule has 1 heterocycles. The van der Waals surface area contributed by atoms with Gasteiger partial charge in [0, 0.05) is 12.6 Å². The van der Waals surface area contributed by atoms with Crippen LogP contribution in [0.4, 0.5) is 0 Å². The smallest absolute Gasteiger partial charge is 0.234 e. The van der Waals surface area contributed by atoms with Gasteiger partial charge in [-0.05, 0) is 61.9 Å². The highest BCUT2D eigenvalue weighted by atomic mass is 16.2. The Morgan fingerprint density at radius 2 is 1.80 bits per heavy atom. The molecule has 1 saturated heterocycles. The van der Waals surface area contributed by atoms with Gasteiger partial charge in [0.05, 0.1) is 6.54 Å². The number of rotatable bonds is 6. The molecule has 2 aromatic rings. The van der Waals surface area contributed by atoms with Crippen LogP contribution in [-0.2, 0) is 11.2 Å². The van der Waals surface area contributed by atoms with Crippen molar-refractivity contribution in [1.82, 2.24) is 10.2 Å². The number of carbonyl (C=O) groups excluding carboxylic acids is 1. The van der Waals surface area contributed by atoms with Crippen molar-refractivity contribution in [3.63, 3.8) is 0 Å². The highest BCUT2D eigenvalue weighted by Crippen LogP contribution is 2.33. The molecule has 1 aliphatic rings. The Bertz CT molecular complexity index is 725. The van der Waals surface area contributed by atoms with E-state index >= 15 is 0 Å². The minimum Gasteiger partial charge on any atom is -0.355 e. The molecule has 1 fully saturated rings. The molecule has 0 bridgehead atoms. The number of hydrogen-bond donors (Lipinski definition) is 1. The maximum absolute atomic E-state index is 12.4. The molecule has 1 amide bonds. The molecule has 3 rings (SSSR count). The molecule has 1 atom stereocenters. The minimum absolute atomic E-state index is 0.133. The van der Waals surface area contributed by atoms with E-state index in [1.807, 2.05) is 0 Å². The number of nitrogens with zero attached hydrogens (tertiary/aromatic N) is 1. The number of nitrogens with one attached hydrogen (secondary N) is 1. The van der Waals surface area contributed by atoms with E-state index < -0.39 is 0 Å². The van der Waals surface area contributed by atoms with Crippen LogP contribution in [0.2, 0.25) is 0 Å². The standard InChI is InChI=1S/C22H28N2O/c1-17-8-3-5-10-19(17)13-14-23-22(25)16-24-15-7-12-21(24)20-11-6-4-9-18(20)2/h3-6,8-11,21H,7,12-16H2,1-2H3,(H,23,25). The predicted octanol–water partition coefficient (Wildman–Crippen LogP) is 3.80. The summed E-state index contributed by atoms with van der Waals surface area (Å²) in [4.78, 5) is 14.7. The van der Waals surface area contributed by atoms with Crippen LogP contribution in [0.5, 0.6) is 0 Å². The van der Waals surface area contributed by atoms with Crippen LogP contribution in [0, 0.1) is 13.8 Å². The van der Waals surface area contributed by atoms with Gasteiger partial charge in [-0.1, -0.05) is 48.5 Å². The van der Waals surface area contributed by atoms with E-state index in [1.165, 1.54) is 22.3 Å².